The zero-order valence-electron chi connectivity index (χ0n) is 9.68. The van der Waals surface area contributed by atoms with E-state index < -0.39 is 4.92 Å². The van der Waals surface area contributed by atoms with Gasteiger partial charge in [0.05, 0.1) is 28.3 Å². The number of nitrogens with one attached hydrogen (secondary N) is 1. The Morgan fingerprint density at radius 1 is 1.53 bits per heavy atom. The molecule has 1 atom stereocenters. The van der Waals surface area contributed by atoms with Gasteiger partial charge >= 0.3 is 0 Å². The van der Waals surface area contributed by atoms with Crippen molar-refractivity contribution in [2.24, 2.45) is 5.92 Å². The van der Waals surface area contributed by atoms with Crippen molar-refractivity contribution >= 4 is 23.0 Å². The minimum Gasteiger partial charge on any atom is -0.394 e. The van der Waals surface area contributed by atoms with Gasteiger partial charge in [0.1, 0.15) is 0 Å². The largest absolute Gasteiger partial charge is 0.394 e. The van der Waals surface area contributed by atoms with E-state index in [9.17, 15) is 15.2 Å². The first-order chi connectivity index (χ1) is 7.95. The van der Waals surface area contributed by atoms with Crippen LogP contribution in [0, 0.1) is 16.0 Å². The van der Waals surface area contributed by atoms with Gasteiger partial charge in [-0.15, -0.1) is 0 Å². The molecule has 0 saturated heterocycles. The normalized spacial score (nSPS) is 12.5. The van der Waals surface area contributed by atoms with Gasteiger partial charge in [0, 0.05) is 12.1 Å². The molecule has 0 aliphatic rings. The summed E-state index contributed by atoms with van der Waals surface area (Å²) in [5, 5.41) is 23.0. The minimum atomic E-state index is -0.498. The topological polar surface area (TPSA) is 75.4 Å². The monoisotopic (exact) mass is 258 g/mol. The van der Waals surface area contributed by atoms with Crippen molar-refractivity contribution < 1.29 is 10.0 Å². The fourth-order valence-corrected chi connectivity index (χ4v) is 1.59. The molecule has 1 unspecified atom stereocenters. The molecular formula is C11H15ClN2O3. The van der Waals surface area contributed by atoms with E-state index >= 15 is 0 Å². The third-order valence-electron chi connectivity index (χ3n) is 2.51. The first-order valence-corrected chi connectivity index (χ1v) is 5.64. The Morgan fingerprint density at radius 3 is 2.59 bits per heavy atom. The number of nitro benzene ring substituents is 1. The van der Waals surface area contributed by atoms with E-state index in [0.29, 0.717) is 5.69 Å². The molecule has 1 aromatic rings. The zero-order valence-corrected chi connectivity index (χ0v) is 10.4. The van der Waals surface area contributed by atoms with E-state index in [1.807, 2.05) is 13.8 Å². The predicted octanol–water partition coefficient (Wildman–Crippen LogP) is 2.68. The molecule has 0 aromatic heterocycles. The maximum Gasteiger partial charge on any atom is 0.271 e. The van der Waals surface area contributed by atoms with Crippen molar-refractivity contribution in [1.29, 1.82) is 0 Å². The zero-order chi connectivity index (χ0) is 13.0. The van der Waals surface area contributed by atoms with E-state index in [0.717, 1.165) is 0 Å². The first kappa shape index (κ1) is 13.7. The van der Waals surface area contributed by atoms with Gasteiger partial charge in [-0.25, -0.2) is 0 Å². The molecule has 17 heavy (non-hydrogen) atoms. The molecule has 0 heterocycles. The SMILES string of the molecule is CC(C)C(CO)Nc1ccc([N+](=O)[O-])cc1Cl. The lowest BCUT2D eigenvalue weighted by Crippen LogP contribution is -2.29. The van der Waals surface area contributed by atoms with Gasteiger partial charge in [-0.2, -0.15) is 0 Å². The van der Waals surface area contributed by atoms with Gasteiger partial charge in [-0.05, 0) is 12.0 Å². The van der Waals surface area contributed by atoms with E-state index in [2.05, 4.69) is 5.32 Å². The number of nitro groups is 1. The van der Waals surface area contributed by atoms with Crippen LogP contribution in [0.5, 0.6) is 0 Å². The Labute approximate surface area is 105 Å². The van der Waals surface area contributed by atoms with Crippen LogP contribution in [0.4, 0.5) is 11.4 Å². The molecule has 0 saturated carbocycles. The standard InChI is InChI=1S/C11H15ClN2O3/c1-7(2)11(6-15)13-10-4-3-8(14(16)17)5-9(10)12/h3-5,7,11,13,15H,6H2,1-2H3. The smallest absolute Gasteiger partial charge is 0.271 e. The fourth-order valence-electron chi connectivity index (χ4n) is 1.36. The quantitative estimate of drug-likeness (QED) is 0.629. The molecule has 5 nitrogen and oxygen atoms in total. The molecule has 0 radical (unpaired) electrons. The molecule has 1 rings (SSSR count). The number of aliphatic hydroxyl groups is 1. The van der Waals surface area contributed by atoms with Crippen LogP contribution in [-0.4, -0.2) is 22.7 Å². The summed E-state index contributed by atoms with van der Waals surface area (Å²) < 4.78 is 0. The summed E-state index contributed by atoms with van der Waals surface area (Å²) in [6, 6.07) is 4.08. The number of halogens is 1. The summed E-state index contributed by atoms with van der Waals surface area (Å²) in [7, 11) is 0. The summed E-state index contributed by atoms with van der Waals surface area (Å²) in [5.41, 5.74) is 0.538. The molecular weight excluding hydrogens is 244 g/mol. The van der Waals surface area contributed by atoms with Crippen LogP contribution < -0.4 is 5.32 Å². The van der Waals surface area contributed by atoms with Crippen molar-refractivity contribution in [3.05, 3.63) is 33.3 Å². The molecule has 1 aromatic carbocycles. The number of rotatable bonds is 5. The van der Waals surface area contributed by atoms with E-state index in [1.54, 1.807) is 6.07 Å². The predicted molar refractivity (Wildman–Crippen MR) is 67.4 cm³/mol. The molecule has 0 spiro atoms. The second-order valence-electron chi connectivity index (χ2n) is 4.10. The summed E-state index contributed by atoms with van der Waals surface area (Å²) in [6.45, 7) is 3.91. The number of anilines is 1. The number of nitrogens with zero attached hydrogens (tertiary/aromatic N) is 1. The molecule has 0 aliphatic carbocycles. The van der Waals surface area contributed by atoms with Crippen molar-refractivity contribution in [3.8, 4) is 0 Å². The Balaban J connectivity index is 2.89. The number of hydrogen-bond donors (Lipinski definition) is 2. The molecule has 6 heteroatoms. The lowest BCUT2D eigenvalue weighted by Gasteiger charge is -2.21. The molecule has 2 N–H and O–H groups in total. The van der Waals surface area contributed by atoms with Crippen LogP contribution in [0.15, 0.2) is 18.2 Å². The number of aliphatic hydroxyl groups excluding tert-OH is 1. The van der Waals surface area contributed by atoms with Gasteiger partial charge < -0.3 is 10.4 Å². The van der Waals surface area contributed by atoms with Crippen molar-refractivity contribution in [2.75, 3.05) is 11.9 Å². The highest BCUT2D eigenvalue weighted by atomic mass is 35.5. The van der Waals surface area contributed by atoms with Crippen LogP contribution >= 0.6 is 11.6 Å². The van der Waals surface area contributed by atoms with E-state index in [4.69, 9.17) is 11.6 Å². The van der Waals surface area contributed by atoms with Crippen LogP contribution in [-0.2, 0) is 0 Å². The van der Waals surface area contributed by atoms with E-state index in [1.165, 1.54) is 12.1 Å². The van der Waals surface area contributed by atoms with Crippen molar-refractivity contribution in [2.45, 2.75) is 19.9 Å². The van der Waals surface area contributed by atoms with Crippen LogP contribution in [0.3, 0.4) is 0 Å². The highest BCUT2D eigenvalue weighted by Crippen LogP contribution is 2.27. The Morgan fingerprint density at radius 2 is 2.18 bits per heavy atom. The minimum absolute atomic E-state index is 0.0228. The maximum absolute atomic E-state index is 10.5. The highest BCUT2D eigenvalue weighted by Gasteiger charge is 2.15. The maximum atomic E-state index is 10.5. The second-order valence-corrected chi connectivity index (χ2v) is 4.51. The second kappa shape index (κ2) is 5.84. The first-order valence-electron chi connectivity index (χ1n) is 5.27. The molecule has 0 bridgehead atoms. The number of non-ortho nitro benzene ring substituents is 1. The molecule has 0 aliphatic heterocycles. The van der Waals surface area contributed by atoms with Crippen LogP contribution in [0.2, 0.25) is 5.02 Å². The highest BCUT2D eigenvalue weighted by molar-refractivity contribution is 6.33. The van der Waals surface area contributed by atoms with Gasteiger partial charge in [-0.3, -0.25) is 10.1 Å². The summed E-state index contributed by atoms with van der Waals surface area (Å²) in [5.74, 6) is 0.228. The van der Waals surface area contributed by atoms with Crippen LogP contribution in [0.25, 0.3) is 0 Å². The van der Waals surface area contributed by atoms with Gasteiger partial charge in [-0.1, -0.05) is 25.4 Å². The lowest BCUT2D eigenvalue weighted by atomic mass is 10.1. The van der Waals surface area contributed by atoms with Crippen LogP contribution in [0.1, 0.15) is 13.8 Å². The summed E-state index contributed by atoms with van der Waals surface area (Å²) >= 11 is 5.93. The Kier molecular flexibility index (Phi) is 4.72. The Bertz CT molecular complexity index is 410. The van der Waals surface area contributed by atoms with Gasteiger partial charge in [0.15, 0.2) is 0 Å². The molecule has 94 valence electrons. The van der Waals surface area contributed by atoms with E-state index in [-0.39, 0.29) is 29.3 Å². The lowest BCUT2D eigenvalue weighted by molar-refractivity contribution is -0.384. The van der Waals surface area contributed by atoms with Gasteiger partial charge in [0.2, 0.25) is 0 Å². The van der Waals surface area contributed by atoms with Crippen molar-refractivity contribution in [1.82, 2.24) is 0 Å². The number of benzene rings is 1. The van der Waals surface area contributed by atoms with Crippen molar-refractivity contribution in [3.63, 3.8) is 0 Å². The number of hydrogen-bond acceptors (Lipinski definition) is 4. The summed E-state index contributed by atoms with van der Waals surface area (Å²) in [4.78, 5) is 10.0. The fraction of sp³-hybridized carbons (Fsp3) is 0.455. The third-order valence-corrected chi connectivity index (χ3v) is 2.82. The van der Waals surface area contributed by atoms with Gasteiger partial charge in [0.25, 0.3) is 5.69 Å². The molecule has 0 fully saturated rings. The average Bonchev–Trinajstić information content (AvgIpc) is 2.26. The summed E-state index contributed by atoms with van der Waals surface area (Å²) in [6.07, 6.45) is 0. The average molecular weight is 259 g/mol. The third kappa shape index (κ3) is 3.57. The molecule has 0 amide bonds. The Hall–Kier alpha value is -1.33.